The Kier molecular flexibility index (Phi) is 4.96. The second-order valence-corrected chi connectivity index (χ2v) is 8.54. The summed E-state index contributed by atoms with van der Waals surface area (Å²) in [6, 6.07) is 7.85. The van der Waals surface area contributed by atoms with E-state index < -0.39 is 0 Å². The first-order chi connectivity index (χ1) is 14.2. The number of fused-ring (bicyclic) bond motifs is 1. The average molecular weight is 409 g/mol. The van der Waals surface area contributed by atoms with Gasteiger partial charge in [0.25, 0.3) is 0 Å². The van der Waals surface area contributed by atoms with Crippen molar-refractivity contribution in [3.8, 4) is 11.4 Å². The third-order valence-electron chi connectivity index (χ3n) is 6.08. The lowest BCUT2D eigenvalue weighted by Gasteiger charge is -2.35. The van der Waals surface area contributed by atoms with E-state index in [0.717, 1.165) is 61.8 Å². The summed E-state index contributed by atoms with van der Waals surface area (Å²) in [6.45, 7) is 1.94. The maximum Gasteiger partial charge on any atom is 0.161 e. The fraction of sp³-hybridized carbons (Fsp3) is 0.455. The Labute approximate surface area is 176 Å². The van der Waals surface area contributed by atoms with E-state index >= 15 is 0 Å². The molecular weight excluding hydrogens is 384 g/mol. The smallest absolute Gasteiger partial charge is 0.161 e. The first kappa shape index (κ1) is 18.6. The van der Waals surface area contributed by atoms with Gasteiger partial charge in [-0.3, -0.25) is 0 Å². The number of hydrogen-bond acceptors (Lipinski definition) is 5. The number of hydrogen-bond donors (Lipinski definition) is 0. The molecule has 1 aromatic carbocycles. The highest BCUT2D eigenvalue weighted by Gasteiger charge is 2.29. The van der Waals surface area contributed by atoms with Crippen molar-refractivity contribution in [2.75, 3.05) is 18.0 Å². The van der Waals surface area contributed by atoms with E-state index in [1.54, 1.807) is 6.33 Å². The molecule has 2 aliphatic rings. The largest absolute Gasteiger partial charge is 0.356 e. The molecule has 0 radical (unpaired) electrons. The Hall–Kier alpha value is -2.47. The zero-order valence-corrected chi connectivity index (χ0v) is 17.4. The first-order valence-corrected chi connectivity index (χ1v) is 10.8. The SMILES string of the molecule is Cn1cnnc1C1CCCN(c2nc(-c3cccc(Cl)c3)nc3c2CCCC3)C1. The van der Waals surface area contributed by atoms with E-state index in [0.29, 0.717) is 10.9 Å². The van der Waals surface area contributed by atoms with Crippen LogP contribution in [0.5, 0.6) is 0 Å². The summed E-state index contributed by atoms with van der Waals surface area (Å²) in [7, 11) is 2.03. The van der Waals surface area contributed by atoms with Crippen molar-refractivity contribution in [2.24, 2.45) is 7.05 Å². The van der Waals surface area contributed by atoms with Crippen molar-refractivity contribution in [3.63, 3.8) is 0 Å². The molecule has 0 amide bonds. The summed E-state index contributed by atoms with van der Waals surface area (Å²) in [5.74, 6) is 3.33. The standard InChI is InChI=1S/C22H25ClN6/c1-28-14-24-27-21(28)16-7-5-11-29(13-16)22-18-9-2-3-10-19(18)25-20(26-22)15-6-4-8-17(23)12-15/h4,6,8,12,14,16H,2-3,5,7,9-11,13H2,1H3. The van der Waals surface area contributed by atoms with Gasteiger partial charge in [-0.05, 0) is 50.7 Å². The zero-order chi connectivity index (χ0) is 19.8. The van der Waals surface area contributed by atoms with Crippen LogP contribution in [0.4, 0.5) is 5.82 Å². The second-order valence-electron chi connectivity index (χ2n) is 8.10. The van der Waals surface area contributed by atoms with Crippen LogP contribution >= 0.6 is 11.6 Å². The van der Waals surface area contributed by atoms with E-state index in [2.05, 4.69) is 15.1 Å². The molecule has 6 nitrogen and oxygen atoms in total. The summed E-state index contributed by atoms with van der Waals surface area (Å²) in [4.78, 5) is 12.5. The molecule has 3 heterocycles. The molecule has 1 aliphatic heterocycles. The topological polar surface area (TPSA) is 59.7 Å². The maximum atomic E-state index is 6.24. The zero-order valence-electron chi connectivity index (χ0n) is 16.7. The van der Waals surface area contributed by atoms with Crippen molar-refractivity contribution >= 4 is 17.4 Å². The van der Waals surface area contributed by atoms with Gasteiger partial charge < -0.3 is 9.47 Å². The monoisotopic (exact) mass is 408 g/mol. The van der Waals surface area contributed by atoms with Crippen LogP contribution in [-0.4, -0.2) is 37.8 Å². The number of nitrogens with zero attached hydrogens (tertiary/aromatic N) is 6. The van der Waals surface area contributed by atoms with Gasteiger partial charge in [0.15, 0.2) is 5.82 Å². The number of aromatic nitrogens is 5. The Bertz CT molecular complexity index is 1030. The molecule has 3 aromatic rings. The molecule has 2 aromatic heterocycles. The van der Waals surface area contributed by atoms with Crippen LogP contribution in [0, 0.1) is 0 Å². The molecule has 5 rings (SSSR count). The molecule has 0 N–H and O–H groups in total. The number of benzene rings is 1. The van der Waals surface area contributed by atoms with Gasteiger partial charge in [-0.15, -0.1) is 10.2 Å². The van der Waals surface area contributed by atoms with Crippen LogP contribution in [0.2, 0.25) is 5.02 Å². The van der Waals surface area contributed by atoms with Crippen molar-refractivity contribution in [1.82, 2.24) is 24.7 Å². The molecule has 150 valence electrons. The molecule has 0 bridgehead atoms. The second kappa shape index (κ2) is 7.75. The molecule has 1 unspecified atom stereocenters. The van der Waals surface area contributed by atoms with Gasteiger partial charge in [-0.1, -0.05) is 23.7 Å². The van der Waals surface area contributed by atoms with Gasteiger partial charge in [0.05, 0.1) is 0 Å². The number of rotatable bonds is 3. The highest BCUT2D eigenvalue weighted by molar-refractivity contribution is 6.30. The Morgan fingerprint density at radius 2 is 2.00 bits per heavy atom. The number of piperidine rings is 1. The van der Waals surface area contributed by atoms with Crippen LogP contribution in [-0.2, 0) is 19.9 Å². The molecule has 7 heteroatoms. The third kappa shape index (κ3) is 3.62. The fourth-order valence-corrected chi connectivity index (χ4v) is 4.82. The molecule has 1 atom stereocenters. The van der Waals surface area contributed by atoms with E-state index in [9.17, 15) is 0 Å². The highest BCUT2D eigenvalue weighted by atomic mass is 35.5. The molecule has 1 saturated heterocycles. The summed E-state index contributed by atoms with van der Waals surface area (Å²) < 4.78 is 2.04. The van der Waals surface area contributed by atoms with Crippen LogP contribution < -0.4 is 4.90 Å². The molecule has 29 heavy (non-hydrogen) atoms. The maximum absolute atomic E-state index is 6.24. The minimum atomic E-state index is 0.375. The molecule has 0 spiro atoms. The van der Waals surface area contributed by atoms with Gasteiger partial charge in [0.2, 0.25) is 0 Å². The Morgan fingerprint density at radius 1 is 1.10 bits per heavy atom. The van der Waals surface area contributed by atoms with Crippen molar-refractivity contribution in [3.05, 3.63) is 52.7 Å². The van der Waals surface area contributed by atoms with Crippen LogP contribution in [0.1, 0.15) is 48.7 Å². The summed E-state index contributed by atoms with van der Waals surface area (Å²) in [5, 5.41) is 9.17. The summed E-state index contributed by atoms with van der Waals surface area (Å²) in [6.07, 6.45) is 8.55. The average Bonchev–Trinajstić information content (AvgIpc) is 3.19. The van der Waals surface area contributed by atoms with Crippen molar-refractivity contribution < 1.29 is 0 Å². The predicted molar refractivity (Wildman–Crippen MR) is 114 cm³/mol. The normalized spacial score (nSPS) is 19.2. The van der Waals surface area contributed by atoms with E-state index in [4.69, 9.17) is 21.6 Å². The van der Waals surface area contributed by atoms with Gasteiger partial charge >= 0.3 is 0 Å². The Balaban J connectivity index is 1.54. The van der Waals surface area contributed by atoms with E-state index in [-0.39, 0.29) is 0 Å². The quantitative estimate of drug-likeness (QED) is 0.650. The predicted octanol–water partition coefficient (Wildman–Crippen LogP) is 4.19. The number of halogens is 1. The van der Waals surface area contributed by atoms with Crippen LogP contribution in [0.15, 0.2) is 30.6 Å². The number of anilines is 1. The van der Waals surface area contributed by atoms with Gasteiger partial charge in [-0.25, -0.2) is 9.97 Å². The van der Waals surface area contributed by atoms with Crippen molar-refractivity contribution in [2.45, 2.75) is 44.4 Å². The van der Waals surface area contributed by atoms with E-state index in [1.807, 2.05) is 35.9 Å². The molecule has 1 fully saturated rings. The van der Waals surface area contributed by atoms with Gasteiger partial charge in [0.1, 0.15) is 18.0 Å². The first-order valence-electron chi connectivity index (χ1n) is 10.4. The fourth-order valence-electron chi connectivity index (χ4n) is 4.63. The molecular formula is C22H25ClN6. The minimum absolute atomic E-state index is 0.375. The van der Waals surface area contributed by atoms with Crippen LogP contribution in [0.3, 0.4) is 0 Å². The lowest BCUT2D eigenvalue weighted by atomic mass is 9.93. The minimum Gasteiger partial charge on any atom is -0.356 e. The molecule has 1 aliphatic carbocycles. The number of aryl methyl sites for hydroxylation is 2. The third-order valence-corrected chi connectivity index (χ3v) is 6.31. The van der Waals surface area contributed by atoms with Crippen LogP contribution in [0.25, 0.3) is 11.4 Å². The highest BCUT2D eigenvalue weighted by Crippen LogP contribution is 2.35. The van der Waals surface area contributed by atoms with E-state index in [1.165, 1.54) is 24.1 Å². The van der Waals surface area contributed by atoms with Crippen molar-refractivity contribution in [1.29, 1.82) is 0 Å². The summed E-state index contributed by atoms with van der Waals surface area (Å²) >= 11 is 6.24. The van der Waals surface area contributed by atoms with Gasteiger partial charge in [0, 0.05) is 47.9 Å². The van der Waals surface area contributed by atoms with Gasteiger partial charge in [-0.2, -0.15) is 0 Å². The lowest BCUT2D eigenvalue weighted by molar-refractivity contribution is 0.475. The summed E-state index contributed by atoms with van der Waals surface area (Å²) in [5.41, 5.74) is 3.52. The molecule has 0 saturated carbocycles. The Morgan fingerprint density at radius 3 is 2.83 bits per heavy atom. The lowest BCUT2D eigenvalue weighted by Crippen LogP contribution is -2.37.